The lowest BCUT2D eigenvalue weighted by atomic mass is 10.1. The van der Waals surface area contributed by atoms with E-state index in [1.165, 1.54) is 17.7 Å². The van der Waals surface area contributed by atoms with Crippen LogP contribution in [0.1, 0.15) is 30.9 Å². The zero-order chi connectivity index (χ0) is 16.1. The van der Waals surface area contributed by atoms with Gasteiger partial charge in [0.05, 0.1) is 19.3 Å². The summed E-state index contributed by atoms with van der Waals surface area (Å²) >= 11 is 0. The monoisotopic (exact) mass is 306 g/mol. The van der Waals surface area contributed by atoms with Gasteiger partial charge in [-0.05, 0) is 44.2 Å². The molecule has 122 valence electrons. The second-order valence-electron chi connectivity index (χ2n) is 6.17. The van der Waals surface area contributed by atoms with Gasteiger partial charge in [0.2, 0.25) is 0 Å². The Morgan fingerprint density at radius 2 is 2.23 bits per heavy atom. The molecule has 5 heteroatoms. The van der Waals surface area contributed by atoms with Crippen LogP contribution in [0.5, 0.6) is 5.75 Å². The lowest BCUT2D eigenvalue weighted by Crippen LogP contribution is -2.43. The first-order valence-electron chi connectivity index (χ1n) is 7.85. The molecule has 2 rings (SSSR count). The van der Waals surface area contributed by atoms with Gasteiger partial charge < -0.3 is 20.1 Å². The predicted octanol–water partition coefficient (Wildman–Crippen LogP) is 2.31. The Morgan fingerprint density at radius 1 is 1.50 bits per heavy atom. The van der Waals surface area contributed by atoms with Crippen molar-refractivity contribution in [3.8, 4) is 5.75 Å². The van der Waals surface area contributed by atoms with Gasteiger partial charge in [0.25, 0.3) is 0 Å². The number of aryl methyl sites for hydroxylation is 1. The number of aliphatic hydroxyl groups is 1. The quantitative estimate of drug-likeness (QED) is 0.812. The summed E-state index contributed by atoms with van der Waals surface area (Å²) in [5.74, 6) is 1.55. The van der Waals surface area contributed by atoms with Gasteiger partial charge in [0, 0.05) is 19.2 Å². The second-order valence-corrected chi connectivity index (χ2v) is 6.17. The molecule has 0 aliphatic heterocycles. The Balaban J connectivity index is 1.94. The summed E-state index contributed by atoms with van der Waals surface area (Å²) in [4.78, 5) is 13.5. The second kappa shape index (κ2) is 7.49. The number of carbonyl (C=O) groups excluding carboxylic acids is 1. The van der Waals surface area contributed by atoms with Crippen molar-refractivity contribution in [3.63, 3.8) is 0 Å². The van der Waals surface area contributed by atoms with E-state index in [1.807, 2.05) is 25.1 Å². The molecule has 0 bridgehead atoms. The molecule has 0 spiro atoms. The summed E-state index contributed by atoms with van der Waals surface area (Å²) in [7, 11) is 1.68. The number of likely N-dealkylation sites (N-methyl/N-ethyl adjacent to an activating group) is 1. The first-order chi connectivity index (χ1) is 10.5. The van der Waals surface area contributed by atoms with Gasteiger partial charge >= 0.3 is 6.03 Å². The van der Waals surface area contributed by atoms with E-state index in [0.29, 0.717) is 12.5 Å². The maximum absolute atomic E-state index is 12.0. The van der Waals surface area contributed by atoms with Crippen molar-refractivity contribution >= 4 is 6.03 Å². The lowest BCUT2D eigenvalue weighted by molar-refractivity contribution is 0.157. The maximum atomic E-state index is 12.0. The number of carbonyl (C=O) groups is 1. The van der Waals surface area contributed by atoms with E-state index in [2.05, 4.69) is 5.32 Å². The summed E-state index contributed by atoms with van der Waals surface area (Å²) in [6.45, 7) is 4.95. The predicted molar refractivity (Wildman–Crippen MR) is 85.9 cm³/mol. The van der Waals surface area contributed by atoms with E-state index >= 15 is 0 Å². The average molecular weight is 306 g/mol. The average Bonchev–Trinajstić information content (AvgIpc) is 3.34. The summed E-state index contributed by atoms with van der Waals surface area (Å²) in [5, 5.41) is 12.0. The van der Waals surface area contributed by atoms with Crippen LogP contribution in [-0.4, -0.2) is 42.3 Å². The van der Waals surface area contributed by atoms with Crippen LogP contribution in [0.25, 0.3) is 0 Å². The van der Waals surface area contributed by atoms with Gasteiger partial charge in [-0.2, -0.15) is 0 Å². The number of rotatable bonds is 7. The molecule has 22 heavy (non-hydrogen) atoms. The number of benzene rings is 1. The number of nitrogens with zero attached hydrogens (tertiary/aromatic N) is 1. The minimum absolute atomic E-state index is 0.0514. The van der Waals surface area contributed by atoms with Crippen molar-refractivity contribution < 1.29 is 14.6 Å². The van der Waals surface area contributed by atoms with Gasteiger partial charge in [-0.3, -0.25) is 0 Å². The van der Waals surface area contributed by atoms with Gasteiger partial charge in [0.1, 0.15) is 5.75 Å². The number of hydrogen-bond donors (Lipinski definition) is 2. The number of aliphatic hydroxyl groups excluding tert-OH is 1. The fourth-order valence-corrected chi connectivity index (χ4v) is 2.05. The third-order valence-corrected chi connectivity index (χ3v) is 4.07. The van der Waals surface area contributed by atoms with Gasteiger partial charge in [-0.25, -0.2) is 4.79 Å². The molecule has 1 aromatic carbocycles. The molecule has 0 saturated heterocycles. The minimum atomic E-state index is -0.205. The van der Waals surface area contributed by atoms with Gasteiger partial charge in [-0.1, -0.05) is 12.1 Å². The van der Waals surface area contributed by atoms with E-state index in [0.717, 1.165) is 23.5 Å². The Bertz CT molecular complexity index is 515. The highest BCUT2D eigenvalue weighted by Gasteiger charge is 2.22. The molecule has 0 radical (unpaired) electrons. The van der Waals surface area contributed by atoms with Crippen LogP contribution in [0.3, 0.4) is 0 Å². The number of hydrogen-bond acceptors (Lipinski definition) is 3. The molecular formula is C17H26N2O3. The molecule has 1 unspecified atom stereocenters. The van der Waals surface area contributed by atoms with Crippen LogP contribution in [0.2, 0.25) is 0 Å². The van der Waals surface area contributed by atoms with Crippen LogP contribution in [0.15, 0.2) is 18.2 Å². The third kappa shape index (κ3) is 4.63. The summed E-state index contributed by atoms with van der Waals surface area (Å²) in [5.41, 5.74) is 2.12. The summed E-state index contributed by atoms with van der Waals surface area (Å²) in [6.07, 6.45) is 2.50. The molecular weight excluding hydrogens is 280 g/mol. The van der Waals surface area contributed by atoms with Crippen molar-refractivity contribution in [1.82, 2.24) is 10.2 Å². The molecule has 0 heterocycles. The zero-order valence-electron chi connectivity index (χ0n) is 13.6. The largest absolute Gasteiger partial charge is 0.493 e. The van der Waals surface area contributed by atoms with Crippen molar-refractivity contribution in [1.29, 1.82) is 0 Å². The molecule has 1 saturated carbocycles. The minimum Gasteiger partial charge on any atom is -0.493 e. The third-order valence-electron chi connectivity index (χ3n) is 4.07. The van der Waals surface area contributed by atoms with Crippen LogP contribution >= 0.6 is 0 Å². The normalized spacial score (nSPS) is 15.3. The van der Waals surface area contributed by atoms with Gasteiger partial charge in [0.15, 0.2) is 0 Å². The summed E-state index contributed by atoms with van der Waals surface area (Å²) < 4.78 is 5.90. The first kappa shape index (κ1) is 16.6. The Labute approximate surface area is 132 Å². The molecule has 1 aliphatic rings. The number of urea groups is 1. The topological polar surface area (TPSA) is 61.8 Å². The van der Waals surface area contributed by atoms with E-state index in [-0.39, 0.29) is 18.7 Å². The number of ether oxygens (including phenoxy) is 1. The van der Waals surface area contributed by atoms with E-state index in [9.17, 15) is 4.79 Å². The highest BCUT2D eigenvalue weighted by Crippen LogP contribution is 2.30. The highest BCUT2D eigenvalue weighted by molar-refractivity contribution is 5.74. The highest BCUT2D eigenvalue weighted by atomic mass is 16.5. The van der Waals surface area contributed by atoms with Crippen molar-refractivity contribution in [2.24, 2.45) is 5.92 Å². The zero-order valence-corrected chi connectivity index (χ0v) is 13.6. The molecule has 2 N–H and O–H groups in total. The van der Waals surface area contributed by atoms with Crippen LogP contribution in [0.4, 0.5) is 4.79 Å². The van der Waals surface area contributed by atoms with Crippen molar-refractivity contribution in [2.45, 2.75) is 39.3 Å². The maximum Gasteiger partial charge on any atom is 0.317 e. The standard InChI is InChI=1S/C17H26N2O3/c1-12-4-7-15(16(8-12)22-11-14-5-6-14)9-18-17(21)19(3)13(2)10-20/h4,7-8,13-14,20H,5-6,9-11H2,1-3H3,(H,18,21). The first-order valence-corrected chi connectivity index (χ1v) is 7.85. The van der Waals surface area contributed by atoms with Crippen LogP contribution in [-0.2, 0) is 6.54 Å². The van der Waals surface area contributed by atoms with E-state index in [4.69, 9.17) is 9.84 Å². The molecule has 1 aliphatic carbocycles. The molecule has 5 nitrogen and oxygen atoms in total. The molecule has 0 aromatic heterocycles. The Morgan fingerprint density at radius 3 is 2.86 bits per heavy atom. The fraction of sp³-hybridized carbons (Fsp3) is 0.588. The Kier molecular flexibility index (Phi) is 5.66. The van der Waals surface area contributed by atoms with Crippen molar-refractivity contribution in [2.75, 3.05) is 20.3 Å². The Hall–Kier alpha value is -1.75. The smallest absolute Gasteiger partial charge is 0.317 e. The molecule has 1 fully saturated rings. The molecule has 2 amide bonds. The SMILES string of the molecule is Cc1ccc(CNC(=O)N(C)C(C)CO)c(OCC2CC2)c1. The summed E-state index contributed by atoms with van der Waals surface area (Å²) in [6, 6.07) is 5.63. The lowest BCUT2D eigenvalue weighted by Gasteiger charge is -2.23. The number of amides is 2. The van der Waals surface area contributed by atoms with Gasteiger partial charge in [-0.15, -0.1) is 0 Å². The molecule has 1 atom stereocenters. The van der Waals surface area contributed by atoms with Crippen LogP contribution in [0, 0.1) is 12.8 Å². The van der Waals surface area contributed by atoms with Crippen molar-refractivity contribution in [3.05, 3.63) is 29.3 Å². The fourth-order valence-electron chi connectivity index (χ4n) is 2.05. The van der Waals surface area contributed by atoms with E-state index < -0.39 is 0 Å². The van der Waals surface area contributed by atoms with Crippen LogP contribution < -0.4 is 10.1 Å². The van der Waals surface area contributed by atoms with E-state index in [1.54, 1.807) is 14.0 Å². The molecule has 1 aromatic rings. The number of nitrogens with one attached hydrogen (secondary N) is 1.